The molecule has 1 amide bonds. The van der Waals surface area contributed by atoms with E-state index in [0.717, 1.165) is 16.7 Å². The third-order valence-electron chi connectivity index (χ3n) is 1.94. The summed E-state index contributed by atoms with van der Waals surface area (Å²) in [6.07, 6.45) is 1.41. The third kappa shape index (κ3) is 1.74. The molecule has 2 aromatic rings. The number of nitrogens with one attached hydrogen (secondary N) is 1. The van der Waals surface area contributed by atoms with Crippen LogP contribution in [0.15, 0.2) is 29.0 Å². The lowest BCUT2D eigenvalue weighted by Gasteiger charge is -2.00. The van der Waals surface area contributed by atoms with Crippen molar-refractivity contribution < 1.29 is 9.21 Å². The lowest BCUT2D eigenvalue weighted by molar-refractivity contribution is -0.119. The Morgan fingerprint density at radius 2 is 2.43 bits per heavy atom. The summed E-state index contributed by atoms with van der Waals surface area (Å²) in [5.74, 6) is -0.0392. The van der Waals surface area contributed by atoms with Gasteiger partial charge in [0.15, 0.2) is 12.0 Å². The topological polar surface area (TPSA) is 55.1 Å². The molecule has 0 unspecified atom stereocenters. The fourth-order valence-corrected chi connectivity index (χ4v) is 1.24. The highest BCUT2D eigenvalue weighted by Crippen LogP contribution is 2.13. The smallest absolute Gasteiger partial charge is 0.217 e. The molecule has 1 N–H and O–H groups in total. The van der Waals surface area contributed by atoms with Crippen LogP contribution < -0.4 is 5.32 Å². The zero-order valence-corrected chi connectivity index (χ0v) is 7.78. The molecule has 2 rings (SSSR count). The average Bonchev–Trinajstić information content (AvgIpc) is 2.61. The van der Waals surface area contributed by atoms with Gasteiger partial charge in [0.25, 0.3) is 0 Å². The Bertz CT molecular complexity index is 462. The lowest BCUT2D eigenvalue weighted by Crippen LogP contribution is -2.18. The lowest BCUT2D eigenvalue weighted by atomic mass is 10.2. The Balaban J connectivity index is 2.21. The molecule has 0 aliphatic rings. The molecule has 4 nitrogen and oxygen atoms in total. The van der Waals surface area contributed by atoms with E-state index >= 15 is 0 Å². The van der Waals surface area contributed by atoms with Crippen LogP contribution in [0, 0.1) is 0 Å². The van der Waals surface area contributed by atoms with Crippen LogP contribution in [-0.4, -0.2) is 10.9 Å². The van der Waals surface area contributed by atoms with Gasteiger partial charge in [-0.2, -0.15) is 0 Å². The number of carbonyl (C=O) groups is 1. The van der Waals surface area contributed by atoms with Gasteiger partial charge in [-0.15, -0.1) is 0 Å². The standard InChI is InChI=1S/C10H10N2O2/c1-7(13)11-5-8-2-3-9-10(4-8)14-6-12-9/h2-4,6H,5H2,1H3,(H,11,13). The van der Waals surface area contributed by atoms with Gasteiger partial charge >= 0.3 is 0 Å². The van der Waals surface area contributed by atoms with E-state index in [4.69, 9.17) is 4.42 Å². The van der Waals surface area contributed by atoms with Crippen molar-refractivity contribution in [2.24, 2.45) is 0 Å². The molecule has 1 heterocycles. The number of nitrogens with zero attached hydrogens (tertiary/aromatic N) is 1. The van der Waals surface area contributed by atoms with Crippen molar-refractivity contribution in [1.82, 2.24) is 10.3 Å². The Kier molecular flexibility index (Phi) is 2.18. The molecule has 0 aliphatic carbocycles. The van der Waals surface area contributed by atoms with Gasteiger partial charge in [-0.05, 0) is 17.7 Å². The molecule has 0 radical (unpaired) electrons. The maximum atomic E-state index is 10.7. The monoisotopic (exact) mass is 190 g/mol. The second kappa shape index (κ2) is 3.49. The number of hydrogen-bond acceptors (Lipinski definition) is 3. The number of carbonyl (C=O) groups excluding carboxylic acids is 1. The van der Waals surface area contributed by atoms with Crippen molar-refractivity contribution in [3.05, 3.63) is 30.2 Å². The highest BCUT2D eigenvalue weighted by atomic mass is 16.3. The first-order valence-electron chi connectivity index (χ1n) is 4.32. The number of aromatic nitrogens is 1. The maximum absolute atomic E-state index is 10.7. The normalized spacial score (nSPS) is 10.4. The minimum Gasteiger partial charge on any atom is -0.443 e. The minimum atomic E-state index is -0.0392. The molecule has 0 saturated heterocycles. The van der Waals surface area contributed by atoms with Crippen LogP contribution in [0.3, 0.4) is 0 Å². The van der Waals surface area contributed by atoms with E-state index in [2.05, 4.69) is 10.3 Å². The first-order chi connectivity index (χ1) is 6.75. The van der Waals surface area contributed by atoms with Gasteiger partial charge in [0, 0.05) is 13.5 Å². The van der Waals surface area contributed by atoms with Crippen molar-refractivity contribution in [1.29, 1.82) is 0 Å². The van der Waals surface area contributed by atoms with Gasteiger partial charge in [0.2, 0.25) is 5.91 Å². The van der Waals surface area contributed by atoms with E-state index in [0.29, 0.717) is 6.54 Å². The molecule has 0 aliphatic heterocycles. The number of oxazole rings is 1. The largest absolute Gasteiger partial charge is 0.443 e. The molecule has 0 bridgehead atoms. The summed E-state index contributed by atoms with van der Waals surface area (Å²) >= 11 is 0. The van der Waals surface area contributed by atoms with Crippen LogP contribution in [0.5, 0.6) is 0 Å². The Morgan fingerprint density at radius 3 is 3.21 bits per heavy atom. The van der Waals surface area contributed by atoms with Gasteiger partial charge in [-0.1, -0.05) is 6.07 Å². The van der Waals surface area contributed by atoms with Gasteiger partial charge in [0.1, 0.15) is 5.52 Å². The summed E-state index contributed by atoms with van der Waals surface area (Å²) in [7, 11) is 0. The fraction of sp³-hybridized carbons (Fsp3) is 0.200. The zero-order chi connectivity index (χ0) is 9.97. The van der Waals surface area contributed by atoms with Crippen molar-refractivity contribution >= 4 is 17.0 Å². The van der Waals surface area contributed by atoms with Crippen molar-refractivity contribution in [3.63, 3.8) is 0 Å². The fourth-order valence-electron chi connectivity index (χ4n) is 1.24. The number of rotatable bonds is 2. The molecule has 1 aromatic heterocycles. The SMILES string of the molecule is CC(=O)NCc1ccc2ncoc2c1. The first kappa shape index (κ1) is 8.74. The first-order valence-corrected chi connectivity index (χ1v) is 4.32. The van der Waals surface area contributed by atoms with Crippen molar-refractivity contribution in [3.8, 4) is 0 Å². The maximum Gasteiger partial charge on any atom is 0.217 e. The van der Waals surface area contributed by atoms with Crippen LogP contribution >= 0.6 is 0 Å². The van der Waals surface area contributed by atoms with E-state index in [9.17, 15) is 4.79 Å². The summed E-state index contributed by atoms with van der Waals surface area (Å²) in [6, 6.07) is 5.66. The third-order valence-corrected chi connectivity index (χ3v) is 1.94. The van der Waals surface area contributed by atoms with Crippen molar-refractivity contribution in [2.75, 3.05) is 0 Å². The van der Waals surface area contributed by atoms with Gasteiger partial charge in [-0.3, -0.25) is 4.79 Å². The van der Waals surface area contributed by atoms with Gasteiger partial charge < -0.3 is 9.73 Å². The van der Waals surface area contributed by atoms with Crippen LogP contribution in [0.25, 0.3) is 11.1 Å². The number of hydrogen-bond donors (Lipinski definition) is 1. The number of fused-ring (bicyclic) bond motifs is 1. The quantitative estimate of drug-likeness (QED) is 0.780. The predicted molar refractivity (Wildman–Crippen MR) is 51.5 cm³/mol. The molecule has 4 heteroatoms. The average molecular weight is 190 g/mol. The second-order valence-corrected chi connectivity index (χ2v) is 3.06. The minimum absolute atomic E-state index is 0.0392. The summed E-state index contributed by atoms with van der Waals surface area (Å²) in [6.45, 7) is 2.01. The highest BCUT2D eigenvalue weighted by molar-refractivity contribution is 5.74. The van der Waals surface area contributed by atoms with Gasteiger partial charge in [-0.25, -0.2) is 4.98 Å². The second-order valence-electron chi connectivity index (χ2n) is 3.06. The van der Waals surface area contributed by atoms with Crippen LogP contribution in [0.2, 0.25) is 0 Å². The Morgan fingerprint density at radius 1 is 1.57 bits per heavy atom. The van der Waals surface area contributed by atoms with Gasteiger partial charge in [0.05, 0.1) is 0 Å². The van der Waals surface area contributed by atoms with Crippen molar-refractivity contribution in [2.45, 2.75) is 13.5 Å². The van der Waals surface area contributed by atoms with E-state index in [1.54, 1.807) is 0 Å². The van der Waals surface area contributed by atoms with Crippen LogP contribution in [0.4, 0.5) is 0 Å². The van der Waals surface area contributed by atoms with E-state index in [1.165, 1.54) is 13.3 Å². The van der Waals surface area contributed by atoms with E-state index in [-0.39, 0.29) is 5.91 Å². The summed E-state index contributed by atoms with van der Waals surface area (Å²) in [5, 5.41) is 2.72. The molecule has 1 aromatic carbocycles. The molecule has 0 saturated carbocycles. The Hall–Kier alpha value is -1.84. The summed E-state index contributed by atoms with van der Waals surface area (Å²) in [5.41, 5.74) is 2.58. The molecule has 72 valence electrons. The zero-order valence-electron chi connectivity index (χ0n) is 7.78. The predicted octanol–water partition coefficient (Wildman–Crippen LogP) is 1.46. The van der Waals surface area contributed by atoms with E-state index < -0.39 is 0 Å². The highest BCUT2D eigenvalue weighted by Gasteiger charge is 2.00. The van der Waals surface area contributed by atoms with Crippen LogP contribution in [0.1, 0.15) is 12.5 Å². The summed E-state index contributed by atoms with van der Waals surface area (Å²) in [4.78, 5) is 14.7. The molecular weight excluding hydrogens is 180 g/mol. The Labute approximate surface area is 80.9 Å². The molecule has 0 fully saturated rings. The van der Waals surface area contributed by atoms with Crippen LogP contribution in [-0.2, 0) is 11.3 Å². The number of benzene rings is 1. The molecule has 14 heavy (non-hydrogen) atoms. The van der Waals surface area contributed by atoms with E-state index in [1.807, 2.05) is 18.2 Å². The molecular formula is C10H10N2O2. The summed E-state index contributed by atoms with van der Waals surface area (Å²) < 4.78 is 5.14. The molecule has 0 atom stereocenters. The molecule has 0 spiro atoms. The number of amides is 1.